The van der Waals surface area contributed by atoms with E-state index in [9.17, 15) is 4.79 Å². The van der Waals surface area contributed by atoms with Gasteiger partial charge in [-0.2, -0.15) is 5.26 Å². The lowest BCUT2D eigenvalue weighted by Crippen LogP contribution is -2.38. The van der Waals surface area contributed by atoms with E-state index in [1.165, 1.54) is 0 Å². The molecule has 1 amide bonds. The second kappa shape index (κ2) is 10.5. The number of carbonyl (C=O) groups is 1. The van der Waals surface area contributed by atoms with Crippen molar-refractivity contribution < 1.29 is 19.0 Å². The van der Waals surface area contributed by atoms with Crippen LogP contribution in [0.2, 0.25) is 0 Å². The van der Waals surface area contributed by atoms with Crippen LogP contribution in [-0.4, -0.2) is 63.4 Å². The fourth-order valence-electron chi connectivity index (χ4n) is 2.51. The smallest absolute Gasteiger partial charge is 0.257 e. The summed E-state index contributed by atoms with van der Waals surface area (Å²) in [6.45, 7) is 7.28. The number of ether oxygens (including phenoxy) is 3. The molecule has 0 unspecified atom stereocenters. The largest absolute Gasteiger partial charge is 0.490 e. The molecule has 0 radical (unpaired) electrons. The summed E-state index contributed by atoms with van der Waals surface area (Å²) < 4.78 is 16.3. The fourth-order valence-corrected chi connectivity index (χ4v) is 2.51. The van der Waals surface area contributed by atoms with Crippen molar-refractivity contribution in [2.75, 3.05) is 52.6 Å². The lowest BCUT2D eigenvalue weighted by molar-refractivity contribution is -0.123. The maximum atomic E-state index is 11.9. The van der Waals surface area contributed by atoms with Gasteiger partial charge in [0.25, 0.3) is 5.91 Å². The molecule has 0 aromatic heterocycles. The van der Waals surface area contributed by atoms with Crippen LogP contribution in [0.25, 0.3) is 0 Å². The Labute approximate surface area is 148 Å². The number of nitriles is 1. The number of carbonyl (C=O) groups excluding carboxylic acids is 1. The van der Waals surface area contributed by atoms with Gasteiger partial charge in [-0.15, -0.1) is 0 Å². The molecule has 1 aliphatic rings. The third-order valence-electron chi connectivity index (χ3n) is 3.81. The number of hydrogen-bond donors (Lipinski definition) is 1. The van der Waals surface area contributed by atoms with Gasteiger partial charge in [0.15, 0.2) is 18.1 Å². The third kappa shape index (κ3) is 6.61. The molecule has 0 aliphatic carbocycles. The minimum absolute atomic E-state index is 0.0798. The van der Waals surface area contributed by atoms with E-state index in [4.69, 9.17) is 19.5 Å². The summed E-state index contributed by atoms with van der Waals surface area (Å²) in [5.41, 5.74) is 0.489. The highest BCUT2D eigenvalue weighted by Gasteiger charge is 2.11. The van der Waals surface area contributed by atoms with E-state index in [-0.39, 0.29) is 12.5 Å². The molecular weight excluding hydrogens is 322 g/mol. The van der Waals surface area contributed by atoms with Gasteiger partial charge >= 0.3 is 0 Å². The summed E-state index contributed by atoms with van der Waals surface area (Å²) in [5.74, 6) is 0.764. The van der Waals surface area contributed by atoms with Crippen molar-refractivity contribution in [2.24, 2.45) is 0 Å². The number of benzene rings is 1. The molecule has 1 heterocycles. The standard InChI is InChI=1S/C18H25N3O4/c1-2-24-17-12-15(13-19)4-5-16(17)25-14-18(22)20-6-3-7-21-8-10-23-11-9-21/h4-5,12H,2-3,6-11,14H2,1H3,(H,20,22). The second-order valence-corrected chi connectivity index (χ2v) is 5.65. The first-order valence-electron chi connectivity index (χ1n) is 8.59. The van der Waals surface area contributed by atoms with Crippen LogP contribution in [0.4, 0.5) is 0 Å². The van der Waals surface area contributed by atoms with Gasteiger partial charge in [0.1, 0.15) is 0 Å². The molecule has 7 heteroatoms. The van der Waals surface area contributed by atoms with Crippen LogP contribution in [0.1, 0.15) is 18.9 Å². The lowest BCUT2D eigenvalue weighted by atomic mass is 10.2. The highest BCUT2D eigenvalue weighted by Crippen LogP contribution is 2.28. The molecule has 1 N–H and O–H groups in total. The number of nitrogens with zero attached hydrogens (tertiary/aromatic N) is 2. The Morgan fingerprint density at radius 2 is 2.12 bits per heavy atom. The minimum Gasteiger partial charge on any atom is -0.490 e. The zero-order valence-electron chi connectivity index (χ0n) is 14.6. The second-order valence-electron chi connectivity index (χ2n) is 5.65. The predicted molar refractivity (Wildman–Crippen MR) is 92.7 cm³/mol. The van der Waals surface area contributed by atoms with Crippen LogP contribution in [0.5, 0.6) is 11.5 Å². The quantitative estimate of drug-likeness (QED) is 0.675. The summed E-state index contributed by atoms with van der Waals surface area (Å²) in [4.78, 5) is 14.2. The number of amides is 1. The normalized spacial score (nSPS) is 14.6. The van der Waals surface area contributed by atoms with Gasteiger partial charge in [-0.05, 0) is 32.0 Å². The Morgan fingerprint density at radius 1 is 1.32 bits per heavy atom. The van der Waals surface area contributed by atoms with Gasteiger partial charge in [0, 0.05) is 25.7 Å². The van der Waals surface area contributed by atoms with Crippen molar-refractivity contribution >= 4 is 5.91 Å². The molecule has 0 saturated carbocycles. The minimum atomic E-state index is -0.172. The fraction of sp³-hybridized carbons (Fsp3) is 0.556. The molecule has 1 aromatic rings. The first-order chi connectivity index (χ1) is 12.2. The summed E-state index contributed by atoms with van der Waals surface area (Å²) in [6.07, 6.45) is 0.896. The Kier molecular flexibility index (Phi) is 8.02. The Bertz CT molecular complexity index is 594. The van der Waals surface area contributed by atoms with E-state index >= 15 is 0 Å². The van der Waals surface area contributed by atoms with Crippen molar-refractivity contribution in [3.8, 4) is 17.6 Å². The van der Waals surface area contributed by atoms with Gasteiger partial charge in [-0.25, -0.2) is 0 Å². The van der Waals surface area contributed by atoms with E-state index in [2.05, 4.69) is 16.3 Å². The van der Waals surface area contributed by atoms with Gasteiger partial charge in [-0.1, -0.05) is 0 Å². The van der Waals surface area contributed by atoms with Crippen LogP contribution in [-0.2, 0) is 9.53 Å². The molecule has 0 spiro atoms. The molecule has 1 saturated heterocycles. The van der Waals surface area contributed by atoms with Crippen molar-refractivity contribution in [3.63, 3.8) is 0 Å². The molecule has 25 heavy (non-hydrogen) atoms. The molecule has 0 bridgehead atoms. The van der Waals surface area contributed by atoms with Gasteiger partial charge in [0.05, 0.1) is 31.5 Å². The maximum Gasteiger partial charge on any atom is 0.257 e. The Balaban J connectivity index is 1.69. The van der Waals surface area contributed by atoms with Crippen LogP contribution in [0.15, 0.2) is 18.2 Å². The van der Waals surface area contributed by atoms with Crippen molar-refractivity contribution in [3.05, 3.63) is 23.8 Å². The Hall–Kier alpha value is -2.30. The maximum absolute atomic E-state index is 11.9. The van der Waals surface area contributed by atoms with Gasteiger partial charge in [0.2, 0.25) is 0 Å². The van der Waals surface area contributed by atoms with Gasteiger partial charge in [-0.3, -0.25) is 9.69 Å². The molecule has 1 aliphatic heterocycles. The zero-order chi connectivity index (χ0) is 17.9. The summed E-state index contributed by atoms with van der Waals surface area (Å²) in [5, 5.41) is 11.8. The van der Waals surface area contributed by atoms with Crippen LogP contribution in [0, 0.1) is 11.3 Å². The van der Waals surface area contributed by atoms with E-state index in [1.54, 1.807) is 18.2 Å². The molecule has 1 fully saturated rings. The number of nitrogens with one attached hydrogen (secondary N) is 1. The molecule has 136 valence electrons. The molecule has 0 atom stereocenters. The number of hydrogen-bond acceptors (Lipinski definition) is 6. The van der Waals surface area contributed by atoms with E-state index in [0.717, 1.165) is 39.3 Å². The monoisotopic (exact) mass is 347 g/mol. The van der Waals surface area contributed by atoms with E-state index < -0.39 is 0 Å². The van der Waals surface area contributed by atoms with Crippen LogP contribution in [0.3, 0.4) is 0 Å². The van der Waals surface area contributed by atoms with Crippen molar-refractivity contribution in [1.82, 2.24) is 10.2 Å². The Morgan fingerprint density at radius 3 is 2.84 bits per heavy atom. The van der Waals surface area contributed by atoms with Crippen LogP contribution < -0.4 is 14.8 Å². The lowest BCUT2D eigenvalue weighted by Gasteiger charge is -2.26. The average molecular weight is 347 g/mol. The molecular formula is C18H25N3O4. The average Bonchev–Trinajstić information content (AvgIpc) is 2.65. The van der Waals surface area contributed by atoms with E-state index in [0.29, 0.717) is 30.2 Å². The predicted octanol–water partition coefficient (Wildman–Crippen LogP) is 1.17. The highest BCUT2D eigenvalue weighted by molar-refractivity contribution is 5.77. The van der Waals surface area contributed by atoms with E-state index in [1.807, 2.05) is 6.92 Å². The highest BCUT2D eigenvalue weighted by atomic mass is 16.5. The number of morpholine rings is 1. The molecule has 1 aromatic carbocycles. The van der Waals surface area contributed by atoms with Crippen molar-refractivity contribution in [2.45, 2.75) is 13.3 Å². The van der Waals surface area contributed by atoms with Crippen molar-refractivity contribution in [1.29, 1.82) is 5.26 Å². The topological polar surface area (TPSA) is 83.8 Å². The van der Waals surface area contributed by atoms with Crippen LogP contribution >= 0.6 is 0 Å². The summed E-state index contributed by atoms with van der Waals surface area (Å²) in [7, 11) is 0. The first kappa shape index (κ1) is 19.0. The molecule has 2 rings (SSSR count). The number of rotatable bonds is 9. The first-order valence-corrected chi connectivity index (χ1v) is 8.59. The zero-order valence-corrected chi connectivity index (χ0v) is 14.6. The SMILES string of the molecule is CCOc1cc(C#N)ccc1OCC(=O)NCCCN1CCOCC1. The molecule has 7 nitrogen and oxygen atoms in total. The summed E-state index contributed by atoms with van der Waals surface area (Å²) >= 11 is 0. The van der Waals surface area contributed by atoms with Gasteiger partial charge < -0.3 is 19.5 Å². The third-order valence-corrected chi connectivity index (χ3v) is 3.81. The summed E-state index contributed by atoms with van der Waals surface area (Å²) in [6, 6.07) is 6.95.